The number of nitrogens with one attached hydrogen (secondary N) is 1. The number of rotatable bonds is 3. The molecule has 1 fully saturated rings. The van der Waals surface area contributed by atoms with Gasteiger partial charge in [0.2, 0.25) is 0 Å². The van der Waals surface area contributed by atoms with Gasteiger partial charge in [-0.15, -0.1) is 0 Å². The molecule has 18 heavy (non-hydrogen) atoms. The summed E-state index contributed by atoms with van der Waals surface area (Å²) in [5.74, 6) is 0. The lowest BCUT2D eigenvalue weighted by molar-refractivity contribution is 0.109. The molecule has 1 aliphatic rings. The van der Waals surface area contributed by atoms with Gasteiger partial charge in [-0.2, -0.15) is 0 Å². The van der Waals surface area contributed by atoms with Crippen LogP contribution in [0, 0.1) is 0 Å². The van der Waals surface area contributed by atoms with E-state index >= 15 is 0 Å². The third-order valence-electron chi connectivity index (χ3n) is 2.87. The molecule has 1 aromatic carbocycles. The lowest BCUT2D eigenvalue weighted by atomic mass is 10.2. The number of morpholine rings is 1. The predicted molar refractivity (Wildman–Crippen MR) is 78.1 cm³/mol. The summed E-state index contributed by atoms with van der Waals surface area (Å²) in [4.78, 5) is 2.29. The Morgan fingerprint density at radius 3 is 2.00 bits per heavy atom. The fraction of sp³-hybridized carbons (Fsp3) is 0.571. The van der Waals surface area contributed by atoms with Gasteiger partial charge in [0.15, 0.2) is 0 Å². The Balaban J connectivity index is 0.000000225. The number of ether oxygens (including phenoxy) is 1. The fourth-order valence-corrected chi connectivity index (χ4v) is 1.79. The third kappa shape index (κ3) is 5.38. The van der Waals surface area contributed by atoms with Gasteiger partial charge in [-0.05, 0) is 38.1 Å². The monoisotopic (exact) mass is 251 g/mol. The van der Waals surface area contributed by atoms with Crippen molar-refractivity contribution in [1.29, 1.82) is 0 Å². The minimum Gasteiger partial charge on any atom is -0.399 e. The molecular formula is C14H25N3O. The summed E-state index contributed by atoms with van der Waals surface area (Å²) in [7, 11) is 0. The highest BCUT2D eigenvalue weighted by Gasteiger charge is 1.99. The van der Waals surface area contributed by atoms with Crippen molar-refractivity contribution in [3.05, 3.63) is 24.3 Å². The van der Waals surface area contributed by atoms with E-state index in [1.807, 2.05) is 12.1 Å². The average Bonchev–Trinajstić information content (AvgIpc) is 2.45. The Morgan fingerprint density at radius 1 is 1.11 bits per heavy atom. The number of anilines is 2. The second-order valence-electron chi connectivity index (χ2n) is 4.13. The molecule has 0 unspecified atom stereocenters. The second-order valence-corrected chi connectivity index (χ2v) is 4.13. The molecule has 4 heteroatoms. The maximum Gasteiger partial charge on any atom is 0.0591 e. The second kappa shape index (κ2) is 8.78. The quantitative estimate of drug-likeness (QED) is 0.803. The molecule has 1 heterocycles. The number of nitrogens with two attached hydrogens (primary N) is 1. The topological polar surface area (TPSA) is 50.5 Å². The van der Waals surface area contributed by atoms with Crippen molar-refractivity contribution >= 4 is 11.4 Å². The minimum absolute atomic E-state index is 0.825. The van der Waals surface area contributed by atoms with Gasteiger partial charge in [-0.3, -0.25) is 0 Å². The zero-order valence-electron chi connectivity index (χ0n) is 11.5. The van der Waals surface area contributed by atoms with Gasteiger partial charge in [0.05, 0.1) is 13.2 Å². The van der Waals surface area contributed by atoms with Crippen LogP contribution in [0.2, 0.25) is 0 Å². The maximum absolute atomic E-state index is 5.59. The van der Waals surface area contributed by atoms with E-state index in [-0.39, 0.29) is 0 Å². The van der Waals surface area contributed by atoms with Crippen LogP contribution in [0.1, 0.15) is 13.8 Å². The molecule has 1 aromatic rings. The highest BCUT2D eigenvalue weighted by atomic mass is 16.5. The van der Waals surface area contributed by atoms with E-state index in [1.54, 1.807) is 0 Å². The number of hydrogen-bond donors (Lipinski definition) is 2. The van der Waals surface area contributed by atoms with Crippen LogP contribution in [0.3, 0.4) is 0 Å². The van der Waals surface area contributed by atoms with Crippen molar-refractivity contribution in [3.63, 3.8) is 0 Å². The van der Waals surface area contributed by atoms with E-state index in [2.05, 4.69) is 36.2 Å². The van der Waals surface area contributed by atoms with Crippen molar-refractivity contribution in [1.82, 2.24) is 5.32 Å². The fourth-order valence-electron chi connectivity index (χ4n) is 1.79. The molecule has 0 saturated carbocycles. The molecule has 3 N–H and O–H groups in total. The molecule has 102 valence electrons. The van der Waals surface area contributed by atoms with Crippen LogP contribution in [0.15, 0.2) is 24.3 Å². The van der Waals surface area contributed by atoms with Gasteiger partial charge in [-0.1, -0.05) is 0 Å². The van der Waals surface area contributed by atoms with Crippen molar-refractivity contribution in [3.8, 4) is 0 Å². The van der Waals surface area contributed by atoms with Gasteiger partial charge in [0.25, 0.3) is 0 Å². The number of nitrogens with zero attached hydrogens (tertiary/aromatic N) is 1. The van der Waals surface area contributed by atoms with E-state index in [4.69, 9.17) is 10.5 Å². The zero-order valence-corrected chi connectivity index (χ0v) is 11.5. The molecule has 2 rings (SSSR count). The van der Waals surface area contributed by atoms with Gasteiger partial charge in [0, 0.05) is 37.6 Å². The maximum atomic E-state index is 5.59. The van der Waals surface area contributed by atoms with Crippen molar-refractivity contribution in [2.75, 3.05) is 50.0 Å². The minimum atomic E-state index is 0.825. The summed E-state index contributed by atoms with van der Waals surface area (Å²) in [5, 5.41) is 3.16. The smallest absolute Gasteiger partial charge is 0.0591 e. The van der Waals surface area contributed by atoms with Crippen LogP contribution in [0.4, 0.5) is 11.4 Å². The summed E-state index contributed by atoms with van der Waals surface area (Å²) in [6, 6.07) is 7.99. The van der Waals surface area contributed by atoms with Crippen LogP contribution in [0.5, 0.6) is 0 Å². The average molecular weight is 251 g/mol. The Bertz CT molecular complexity index is 294. The number of nitrogen functional groups attached to an aromatic ring is 1. The highest BCUT2D eigenvalue weighted by molar-refractivity contribution is 5.52. The molecule has 0 radical (unpaired) electrons. The van der Waals surface area contributed by atoms with E-state index in [0.29, 0.717) is 0 Å². The van der Waals surface area contributed by atoms with Crippen LogP contribution in [-0.4, -0.2) is 39.4 Å². The summed E-state index contributed by atoms with van der Waals surface area (Å²) in [6.45, 7) is 10.2. The first kappa shape index (κ1) is 14.8. The first-order chi connectivity index (χ1) is 8.77. The predicted octanol–water partition coefficient (Wildman–Crippen LogP) is 1.72. The summed E-state index contributed by atoms with van der Waals surface area (Å²) >= 11 is 0. The Hall–Kier alpha value is -1.26. The molecule has 0 aliphatic carbocycles. The molecule has 4 nitrogen and oxygen atoms in total. The number of hydrogen-bond acceptors (Lipinski definition) is 4. The molecule has 0 bridgehead atoms. The summed E-state index contributed by atoms with van der Waals surface area (Å²) in [5.41, 5.74) is 7.66. The Kier molecular flexibility index (Phi) is 7.22. The molecule has 1 saturated heterocycles. The van der Waals surface area contributed by atoms with Crippen LogP contribution < -0.4 is 16.0 Å². The molecule has 0 atom stereocenters. The van der Waals surface area contributed by atoms with Gasteiger partial charge < -0.3 is 20.7 Å². The van der Waals surface area contributed by atoms with Crippen LogP contribution in [0.25, 0.3) is 0 Å². The summed E-state index contributed by atoms with van der Waals surface area (Å²) in [6.07, 6.45) is 0. The first-order valence-electron chi connectivity index (χ1n) is 6.66. The molecular weight excluding hydrogens is 226 g/mol. The van der Waals surface area contributed by atoms with Crippen LogP contribution >= 0.6 is 0 Å². The van der Waals surface area contributed by atoms with Crippen molar-refractivity contribution < 1.29 is 4.74 Å². The third-order valence-corrected chi connectivity index (χ3v) is 2.87. The SMILES string of the molecule is C1COCCN1.CCN(CC)c1ccc(N)cc1. The van der Waals surface area contributed by atoms with Crippen LogP contribution in [-0.2, 0) is 4.74 Å². The van der Waals surface area contributed by atoms with Gasteiger partial charge in [-0.25, -0.2) is 0 Å². The van der Waals surface area contributed by atoms with Gasteiger partial charge in [0.1, 0.15) is 0 Å². The largest absolute Gasteiger partial charge is 0.399 e. The Labute approximate surface area is 110 Å². The standard InChI is InChI=1S/C10H16N2.C4H9NO/c1-3-12(4-2)10-7-5-9(11)6-8-10;1-3-6-4-2-5-1/h5-8H,3-4,11H2,1-2H3;5H,1-4H2. The van der Waals surface area contributed by atoms with Crippen molar-refractivity contribution in [2.45, 2.75) is 13.8 Å². The zero-order chi connectivity index (χ0) is 13.2. The van der Waals surface area contributed by atoms with E-state index in [1.165, 1.54) is 5.69 Å². The first-order valence-corrected chi connectivity index (χ1v) is 6.66. The van der Waals surface area contributed by atoms with Crippen molar-refractivity contribution in [2.24, 2.45) is 0 Å². The molecule has 0 spiro atoms. The summed E-state index contributed by atoms with van der Waals surface area (Å²) < 4.78 is 5.01. The molecule has 1 aliphatic heterocycles. The molecule has 0 amide bonds. The highest BCUT2D eigenvalue weighted by Crippen LogP contribution is 2.15. The van der Waals surface area contributed by atoms with E-state index < -0.39 is 0 Å². The molecule has 0 aromatic heterocycles. The number of benzene rings is 1. The lowest BCUT2D eigenvalue weighted by Gasteiger charge is -2.20. The normalized spacial score (nSPS) is 14.6. The Morgan fingerprint density at radius 2 is 1.67 bits per heavy atom. The van der Waals surface area contributed by atoms with E-state index in [0.717, 1.165) is 45.1 Å². The lowest BCUT2D eigenvalue weighted by Crippen LogP contribution is -2.30. The van der Waals surface area contributed by atoms with E-state index in [9.17, 15) is 0 Å². The van der Waals surface area contributed by atoms with Gasteiger partial charge >= 0.3 is 0 Å².